The number of benzene rings is 2. The van der Waals surface area contributed by atoms with Crippen LogP contribution in [0.25, 0.3) is 10.1 Å². The number of sulfonamides is 1. The lowest BCUT2D eigenvalue weighted by Crippen LogP contribution is -2.53. The molecule has 2 aromatic carbocycles. The van der Waals surface area contributed by atoms with E-state index in [1.807, 2.05) is 41.3 Å². The van der Waals surface area contributed by atoms with Crippen molar-refractivity contribution in [2.45, 2.75) is 55.4 Å². The Balaban J connectivity index is 0.000000153. The first kappa shape index (κ1) is 30.4. The Labute approximate surface area is 257 Å². The van der Waals surface area contributed by atoms with Crippen molar-refractivity contribution in [3.8, 4) is 0 Å². The molecule has 1 aromatic heterocycles. The number of aryl methyl sites for hydroxylation is 1. The molecule has 3 N–H and O–H groups in total. The van der Waals surface area contributed by atoms with E-state index in [9.17, 15) is 13.2 Å². The van der Waals surface area contributed by atoms with Gasteiger partial charge in [0.15, 0.2) is 0 Å². The van der Waals surface area contributed by atoms with Crippen molar-refractivity contribution in [2.24, 2.45) is 0 Å². The Hall–Kier alpha value is -2.58. The molecule has 2 spiro atoms. The van der Waals surface area contributed by atoms with E-state index in [-0.39, 0.29) is 17.5 Å². The summed E-state index contributed by atoms with van der Waals surface area (Å²) in [6, 6.07) is 15.7. The molecule has 3 aromatic rings. The van der Waals surface area contributed by atoms with Crippen LogP contribution in [-0.2, 0) is 25.9 Å². The van der Waals surface area contributed by atoms with Crippen LogP contribution in [0, 0.1) is 0 Å². The Bertz CT molecular complexity index is 1490. The largest absolute Gasteiger partial charge is 0.359 e. The standard InChI is InChI=1S/C16H23N3O2.C15H18N2O3S2/c1-2-13-3-5-14(6-4-13)18-15(20)19-10-7-16(8-11-19)17-9-12-21-16;18-22(19,14-11-21-13-4-2-1-3-12(13)14)17-8-5-15(6-9-17)16-7-10-20-15/h3-6,17H,2,7-12H2,1H3,(H,18,20);1-4,11,16H,5-10H2. The molecule has 4 fully saturated rings. The summed E-state index contributed by atoms with van der Waals surface area (Å²) in [7, 11) is -3.43. The predicted molar refractivity (Wildman–Crippen MR) is 169 cm³/mol. The number of fused-ring (bicyclic) bond motifs is 1. The number of piperidine rings is 2. The smallest absolute Gasteiger partial charge is 0.321 e. The number of ether oxygens (including phenoxy) is 2. The maximum atomic E-state index is 12.9. The Morgan fingerprint density at radius 2 is 1.51 bits per heavy atom. The van der Waals surface area contributed by atoms with E-state index in [0.29, 0.717) is 37.4 Å². The molecule has 4 saturated heterocycles. The number of nitrogens with zero attached hydrogens (tertiary/aromatic N) is 2. The average Bonchev–Trinajstić information content (AvgIpc) is 3.80. The van der Waals surface area contributed by atoms with E-state index >= 15 is 0 Å². The van der Waals surface area contributed by atoms with Crippen LogP contribution in [0.15, 0.2) is 58.8 Å². The fourth-order valence-electron chi connectivity index (χ4n) is 6.27. The van der Waals surface area contributed by atoms with Crippen LogP contribution in [0.2, 0.25) is 0 Å². The molecule has 0 aliphatic carbocycles. The number of thiophene rings is 1. The number of rotatable bonds is 4. The number of urea groups is 1. The molecule has 5 heterocycles. The molecule has 7 rings (SSSR count). The van der Waals surface area contributed by atoms with Crippen LogP contribution in [0.4, 0.5) is 10.5 Å². The highest BCUT2D eigenvalue weighted by atomic mass is 32.2. The molecule has 10 nitrogen and oxygen atoms in total. The second kappa shape index (κ2) is 12.8. The van der Waals surface area contributed by atoms with Gasteiger partial charge in [0, 0.05) is 86.1 Å². The number of anilines is 1. The zero-order valence-corrected chi connectivity index (χ0v) is 26.3. The quantitative estimate of drug-likeness (QED) is 0.398. The summed E-state index contributed by atoms with van der Waals surface area (Å²) in [5.74, 6) is 0. The van der Waals surface area contributed by atoms with Gasteiger partial charge in [0.05, 0.1) is 13.2 Å². The molecule has 2 amide bonds. The summed E-state index contributed by atoms with van der Waals surface area (Å²) in [6.45, 7) is 7.82. The third-order valence-corrected chi connectivity index (χ3v) is 12.0. The van der Waals surface area contributed by atoms with Crippen molar-refractivity contribution in [3.05, 3.63) is 59.5 Å². The van der Waals surface area contributed by atoms with E-state index < -0.39 is 10.0 Å². The molecule has 0 radical (unpaired) electrons. The SMILES string of the molecule is CCc1ccc(NC(=O)N2CCC3(CC2)NCCO3)cc1.O=S(=O)(c1csc2ccccc12)N1CCC2(CC1)NCCO2. The van der Waals surface area contributed by atoms with Crippen molar-refractivity contribution in [1.82, 2.24) is 19.8 Å². The molecule has 0 atom stereocenters. The first-order valence-corrected chi connectivity index (χ1v) is 17.5. The van der Waals surface area contributed by atoms with Gasteiger partial charge in [-0.1, -0.05) is 37.3 Å². The van der Waals surface area contributed by atoms with Gasteiger partial charge in [-0.3, -0.25) is 10.6 Å². The minimum Gasteiger partial charge on any atom is -0.359 e. The number of hydrogen-bond acceptors (Lipinski definition) is 8. The van der Waals surface area contributed by atoms with Crippen molar-refractivity contribution >= 4 is 43.2 Å². The maximum Gasteiger partial charge on any atom is 0.321 e. The molecular formula is C31H41N5O5S2. The zero-order valence-electron chi connectivity index (χ0n) is 24.6. The van der Waals surface area contributed by atoms with Crippen molar-refractivity contribution < 1.29 is 22.7 Å². The van der Waals surface area contributed by atoms with Gasteiger partial charge in [0.1, 0.15) is 16.3 Å². The van der Waals surface area contributed by atoms with Crippen LogP contribution >= 0.6 is 11.3 Å². The van der Waals surface area contributed by atoms with Gasteiger partial charge in [-0.15, -0.1) is 11.3 Å². The highest BCUT2D eigenvalue weighted by Gasteiger charge is 2.42. The van der Waals surface area contributed by atoms with Gasteiger partial charge in [-0.2, -0.15) is 4.31 Å². The van der Waals surface area contributed by atoms with Gasteiger partial charge >= 0.3 is 6.03 Å². The number of hydrogen-bond donors (Lipinski definition) is 3. The number of amides is 2. The first-order chi connectivity index (χ1) is 20.8. The molecule has 0 saturated carbocycles. The van der Waals surface area contributed by atoms with Crippen molar-refractivity contribution in [2.75, 3.05) is 57.8 Å². The van der Waals surface area contributed by atoms with Crippen molar-refractivity contribution in [3.63, 3.8) is 0 Å². The maximum absolute atomic E-state index is 12.9. The summed E-state index contributed by atoms with van der Waals surface area (Å²) in [5.41, 5.74) is 1.65. The molecule has 0 unspecified atom stereocenters. The van der Waals surface area contributed by atoms with Crippen molar-refractivity contribution in [1.29, 1.82) is 0 Å². The lowest BCUT2D eigenvalue weighted by molar-refractivity contribution is -0.0487. The van der Waals surface area contributed by atoms with E-state index in [1.54, 1.807) is 9.69 Å². The fourth-order valence-corrected chi connectivity index (χ4v) is 9.19. The summed E-state index contributed by atoms with van der Waals surface area (Å²) in [4.78, 5) is 14.6. The van der Waals surface area contributed by atoms with Crippen LogP contribution in [0.5, 0.6) is 0 Å². The minimum absolute atomic E-state index is 0.0212. The van der Waals surface area contributed by atoms with Gasteiger partial charge in [-0.05, 0) is 30.2 Å². The fraction of sp³-hybridized carbons (Fsp3) is 0.516. The third-order valence-electron chi connectivity index (χ3n) is 8.92. The van der Waals surface area contributed by atoms with Crippen LogP contribution < -0.4 is 16.0 Å². The number of nitrogens with one attached hydrogen (secondary N) is 3. The summed E-state index contributed by atoms with van der Waals surface area (Å²) in [6.07, 6.45) is 4.13. The van der Waals surface area contributed by atoms with Gasteiger partial charge < -0.3 is 19.7 Å². The van der Waals surface area contributed by atoms with E-state index in [4.69, 9.17) is 9.47 Å². The molecule has 4 aliphatic heterocycles. The van der Waals surface area contributed by atoms with Crippen LogP contribution in [0.1, 0.15) is 38.2 Å². The second-order valence-corrected chi connectivity index (χ2v) is 14.3. The second-order valence-electron chi connectivity index (χ2n) is 11.5. The molecular weight excluding hydrogens is 587 g/mol. The predicted octanol–water partition coefficient (Wildman–Crippen LogP) is 4.19. The molecule has 12 heteroatoms. The normalized spacial score (nSPS) is 21.7. The number of carbonyl (C=O) groups excluding carboxylic acids is 1. The lowest BCUT2D eigenvalue weighted by atomic mass is 10.0. The van der Waals surface area contributed by atoms with E-state index in [0.717, 1.165) is 67.8 Å². The number of likely N-dealkylation sites (tertiary alicyclic amines) is 1. The van der Waals surface area contributed by atoms with E-state index in [2.05, 4.69) is 35.0 Å². The number of carbonyl (C=O) groups is 1. The summed E-state index contributed by atoms with van der Waals surface area (Å²) >= 11 is 1.48. The highest BCUT2D eigenvalue weighted by molar-refractivity contribution is 7.89. The van der Waals surface area contributed by atoms with Crippen LogP contribution in [-0.4, -0.2) is 87.6 Å². The molecule has 43 heavy (non-hydrogen) atoms. The first-order valence-electron chi connectivity index (χ1n) is 15.2. The summed E-state index contributed by atoms with van der Waals surface area (Å²) < 4.78 is 40.0. The topological polar surface area (TPSA) is 112 Å². The summed E-state index contributed by atoms with van der Waals surface area (Å²) in [5, 5.41) is 12.3. The Kier molecular flexibility index (Phi) is 9.06. The van der Waals surface area contributed by atoms with Gasteiger partial charge in [0.2, 0.25) is 10.0 Å². The Morgan fingerprint density at radius 1 is 0.907 bits per heavy atom. The molecule has 4 aliphatic rings. The van der Waals surface area contributed by atoms with E-state index in [1.165, 1.54) is 16.9 Å². The third kappa shape index (κ3) is 6.60. The average molecular weight is 628 g/mol. The van der Waals surface area contributed by atoms with Gasteiger partial charge in [0.25, 0.3) is 0 Å². The minimum atomic E-state index is -3.43. The van der Waals surface area contributed by atoms with Crippen LogP contribution in [0.3, 0.4) is 0 Å². The Morgan fingerprint density at radius 3 is 2.09 bits per heavy atom. The highest BCUT2D eigenvalue weighted by Crippen LogP contribution is 2.34. The monoisotopic (exact) mass is 627 g/mol. The molecule has 232 valence electrons. The lowest BCUT2D eigenvalue weighted by Gasteiger charge is -2.38. The molecule has 0 bridgehead atoms. The zero-order chi connectivity index (χ0) is 29.9. The van der Waals surface area contributed by atoms with Gasteiger partial charge in [-0.25, -0.2) is 13.2 Å².